The minimum Gasteiger partial charge on any atom is -0.383 e. The number of fused-ring (bicyclic) bond motifs is 2. The van der Waals surface area contributed by atoms with Crippen LogP contribution in [0, 0.1) is 0 Å². The zero-order valence-corrected chi connectivity index (χ0v) is 11.3. The van der Waals surface area contributed by atoms with Crippen LogP contribution in [0.1, 0.15) is 25.7 Å². The Balaban J connectivity index is 1.73. The predicted molar refractivity (Wildman–Crippen MR) is 70.1 cm³/mol. The van der Waals surface area contributed by atoms with E-state index in [9.17, 15) is 0 Å². The van der Waals surface area contributed by atoms with Crippen LogP contribution < -0.4 is 5.73 Å². The summed E-state index contributed by atoms with van der Waals surface area (Å²) in [4.78, 5) is 5.06. The van der Waals surface area contributed by atoms with Crippen LogP contribution in [0.5, 0.6) is 0 Å². The van der Waals surface area contributed by atoms with Crippen molar-refractivity contribution < 1.29 is 4.74 Å². The topological polar surface area (TPSA) is 41.7 Å². The Labute approximate surface area is 105 Å². The normalized spacial score (nSPS) is 33.5. The van der Waals surface area contributed by atoms with Gasteiger partial charge in [-0.25, -0.2) is 0 Å². The molecule has 0 aliphatic carbocycles. The van der Waals surface area contributed by atoms with E-state index in [1.807, 2.05) is 0 Å². The second-order valence-electron chi connectivity index (χ2n) is 5.65. The zero-order chi connectivity index (χ0) is 12.3. The van der Waals surface area contributed by atoms with Gasteiger partial charge in [0.15, 0.2) is 0 Å². The smallest absolute Gasteiger partial charge is 0.0589 e. The second kappa shape index (κ2) is 6.14. The molecule has 2 rings (SSSR count). The molecule has 0 aromatic carbocycles. The van der Waals surface area contributed by atoms with Gasteiger partial charge >= 0.3 is 0 Å². The minimum absolute atomic E-state index is 0.454. The lowest BCUT2D eigenvalue weighted by Crippen LogP contribution is -2.49. The maximum absolute atomic E-state index is 6.09. The van der Waals surface area contributed by atoms with Gasteiger partial charge in [-0.3, -0.25) is 4.90 Å². The highest BCUT2D eigenvalue weighted by molar-refractivity contribution is 4.96. The molecular formula is C13H27N3O. The lowest BCUT2D eigenvalue weighted by molar-refractivity contribution is 0.104. The quantitative estimate of drug-likeness (QED) is 0.736. The highest BCUT2D eigenvalue weighted by Gasteiger charge is 2.38. The third-order valence-corrected chi connectivity index (χ3v) is 4.34. The molecule has 0 spiro atoms. The number of likely N-dealkylation sites (N-methyl/N-ethyl adjacent to an activating group) is 1. The number of hydrogen-bond donors (Lipinski definition) is 1. The fourth-order valence-electron chi connectivity index (χ4n) is 3.33. The van der Waals surface area contributed by atoms with Crippen molar-refractivity contribution in [1.29, 1.82) is 0 Å². The molecule has 2 aliphatic heterocycles. The fraction of sp³-hybridized carbons (Fsp3) is 1.00. The number of rotatable bonds is 6. The molecule has 0 aromatic rings. The highest BCUT2D eigenvalue weighted by Crippen LogP contribution is 2.34. The molecule has 2 saturated heterocycles. The Morgan fingerprint density at radius 1 is 1.24 bits per heavy atom. The van der Waals surface area contributed by atoms with E-state index in [1.54, 1.807) is 7.11 Å². The molecule has 17 heavy (non-hydrogen) atoms. The van der Waals surface area contributed by atoms with Gasteiger partial charge in [-0.05, 0) is 32.7 Å². The monoisotopic (exact) mass is 241 g/mol. The average Bonchev–Trinajstić information content (AvgIpc) is 2.54. The summed E-state index contributed by atoms with van der Waals surface area (Å²) in [5.74, 6) is 0. The van der Waals surface area contributed by atoms with Crippen molar-refractivity contribution in [3.05, 3.63) is 0 Å². The first-order chi connectivity index (χ1) is 8.20. The Morgan fingerprint density at radius 3 is 2.47 bits per heavy atom. The third-order valence-electron chi connectivity index (χ3n) is 4.34. The maximum atomic E-state index is 6.09. The number of methoxy groups -OCH3 is 1. The molecular weight excluding hydrogens is 214 g/mol. The molecule has 0 aromatic heterocycles. The summed E-state index contributed by atoms with van der Waals surface area (Å²) in [6, 6.07) is 1.98. The van der Waals surface area contributed by atoms with E-state index in [1.165, 1.54) is 32.2 Å². The zero-order valence-electron chi connectivity index (χ0n) is 11.3. The van der Waals surface area contributed by atoms with E-state index in [0.717, 1.165) is 31.8 Å². The molecule has 4 nitrogen and oxygen atoms in total. The van der Waals surface area contributed by atoms with Gasteiger partial charge in [0.25, 0.3) is 0 Å². The molecule has 4 heteroatoms. The Morgan fingerprint density at radius 2 is 1.88 bits per heavy atom. The summed E-state index contributed by atoms with van der Waals surface area (Å²) < 4.78 is 5.10. The standard InChI is InChI=1S/C13H27N3O/c1-15(7-8-17-2)5-6-16-12-3-4-13(16)10-11(14)9-12/h11-13H,3-10,14H2,1-2H3. The first kappa shape index (κ1) is 13.3. The van der Waals surface area contributed by atoms with Gasteiger partial charge in [-0.1, -0.05) is 0 Å². The van der Waals surface area contributed by atoms with E-state index < -0.39 is 0 Å². The van der Waals surface area contributed by atoms with E-state index in [2.05, 4.69) is 16.8 Å². The molecule has 100 valence electrons. The van der Waals surface area contributed by atoms with Gasteiger partial charge in [0.2, 0.25) is 0 Å². The van der Waals surface area contributed by atoms with Crippen LogP contribution in [0.25, 0.3) is 0 Å². The largest absolute Gasteiger partial charge is 0.383 e. The number of nitrogens with two attached hydrogens (primary N) is 1. The molecule has 0 amide bonds. The van der Waals surface area contributed by atoms with Gasteiger partial charge in [-0.2, -0.15) is 0 Å². The van der Waals surface area contributed by atoms with Crippen molar-refractivity contribution in [2.45, 2.75) is 43.8 Å². The summed E-state index contributed by atoms with van der Waals surface area (Å²) in [7, 11) is 3.94. The number of ether oxygens (including phenoxy) is 1. The Kier molecular flexibility index (Phi) is 4.79. The van der Waals surface area contributed by atoms with Crippen LogP contribution in [0.4, 0.5) is 0 Å². The van der Waals surface area contributed by atoms with Crippen molar-refractivity contribution >= 4 is 0 Å². The van der Waals surface area contributed by atoms with Crippen molar-refractivity contribution in [2.24, 2.45) is 5.73 Å². The summed E-state index contributed by atoms with van der Waals surface area (Å²) in [5, 5.41) is 0. The van der Waals surface area contributed by atoms with Crippen LogP contribution in [0.2, 0.25) is 0 Å². The van der Waals surface area contributed by atoms with Gasteiger partial charge < -0.3 is 15.4 Å². The van der Waals surface area contributed by atoms with Crippen LogP contribution in [0.3, 0.4) is 0 Å². The average molecular weight is 241 g/mol. The van der Waals surface area contributed by atoms with Crippen LogP contribution >= 0.6 is 0 Å². The number of hydrogen-bond acceptors (Lipinski definition) is 4. The second-order valence-corrected chi connectivity index (χ2v) is 5.65. The Hall–Kier alpha value is -0.160. The Bertz CT molecular complexity index is 223. The molecule has 2 unspecified atom stereocenters. The number of piperidine rings is 1. The van der Waals surface area contributed by atoms with E-state index in [0.29, 0.717) is 6.04 Å². The lowest BCUT2D eigenvalue weighted by atomic mass is 9.98. The number of nitrogens with zero attached hydrogens (tertiary/aromatic N) is 2. The van der Waals surface area contributed by atoms with Gasteiger partial charge in [0.1, 0.15) is 0 Å². The SMILES string of the molecule is COCCN(C)CCN1C2CCC1CC(N)C2. The fourth-order valence-corrected chi connectivity index (χ4v) is 3.33. The van der Waals surface area contributed by atoms with E-state index in [-0.39, 0.29) is 0 Å². The summed E-state index contributed by atoms with van der Waals surface area (Å²) in [6.45, 7) is 4.20. The lowest BCUT2D eigenvalue weighted by Gasteiger charge is -2.38. The van der Waals surface area contributed by atoms with Crippen LogP contribution in [-0.2, 0) is 4.74 Å². The third kappa shape index (κ3) is 3.41. The molecule has 2 N–H and O–H groups in total. The summed E-state index contributed by atoms with van der Waals surface area (Å²) >= 11 is 0. The summed E-state index contributed by atoms with van der Waals surface area (Å²) in [5.41, 5.74) is 6.09. The molecule has 0 radical (unpaired) electrons. The molecule has 2 heterocycles. The van der Waals surface area contributed by atoms with E-state index in [4.69, 9.17) is 10.5 Å². The van der Waals surface area contributed by atoms with Crippen molar-refractivity contribution in [3.63, 3.8) is 0 Å². The van der Waals surface area contributed by atoms with Gasteiger partial charge in [0, 0.05) is 44.9 Å². The molecule has 2 aliphatic rings. The van der Waals surface area contributed by atoms with Crippen molar-refractivity contribution in [1.82, 2.24) is 9.80 Å². The first-order valence-electron chi connectivity index (χ1n) is 6.89. The van der Waals surface area contributed by atoms with Gasteiger partial charge in [0.05, 0.1) is 6.61 Å². The first-order valence-corrected chi connectivity index (χ1v) is 6.89. The van der Waals surface area contributed by atoms with Gasteiger partial charge in [-0.15, -0.1) is 0 Å². The maximum Gasteiger partial charge on any atom is 0.0589 e. The van der Waals surface area contributed by atoms with E-state index >= 15 is 0 Å². The summed E-state index contributed by atoms with van der Waals surface area (Å²) in [6.07, 6.45) is 5.14. The van der Waals surface area contributed by atoms with Crippen LogP contribution in [0.15, 0.2) is 0 Å². The predicted octanol–water partition coefficient (Wildman–Crippen LogP) is 0.519. The van der Waals surface area contributed by atoms with Crippen molar-refractivity contribution in [2.75, 3.05) is 40.4 Å². The molecule has 0 saturated carbocycles. The van der Waals surface area contributed by atoms with Crippen molar-refractivity contribution in [3.8, 4) is 0 Å². The highest BCUT2D eigenvalue weighted by atomic mass is 16.5. The molecule has 2 fully saturated rings. The molecule has 2 bridgehead atoms. The molecule has 2 atom stereocenters. The van der Waals surface area contributed by atoms with Crippen LogP contribution in [-0.4, -0.2) is 68.3 Å². The minimum atomic E-state index is 0.454.